The zero-order chi connectivity index (χ0) is 22.5. The van der Waals surface area contributed by atoms with Crippen LogP contribution in [0.4, 0.5) is 10.1 Å². The summed E-state index contributed by atoms with van der Waals surface area (Å²) < 4.78 is 13.3. The van der Waals surface area contributed by atoms with E-state index in [2.05, 4.69) is 34.6 Å². The number of amides is 1. The number of nitrogens with one attached hydrogen (secondary N) is 1. The molecule has 0 bridgehead atoms. The topological polar surface area (TPSA) is 45.2 Å². The van der Waals surface area contributed by atoms with Crippen molar-refractivity contribution >= 4 is 23.2 Å². The van der Waals surface area contributed by atoms with Crippen LogP contribution in [0.5, 0.6) is 0 Å². The van der Waals surface area contributed by atoms with E-state index in [9.17, 15) is 9.18 Å². The number of rotatable bonds is 8. The largest absolute Gasteiger partial charge is 0.386 e. The van der Waals surface area contributed by atoms with Crippen molar-refractivity contribution in [2.24, 2.45) is 0 Å². The number of nitrogens with zero attached hydrogens (tertiary/aromatic N) is 2. The van der Waals surface area contributed by atoms with E-state index in [0.29, 0.717) is 36.8 Å². The molecule has 0 aliphatic heterocycles. The van der Waals surface area contributed by atoms with Crippen molar-refractivity contribution < 1.29 is 9.18 Å². The Bertz CT molecular complexity index is 1070. The van der Waals surface area contributed by atoms with Gasteiger partial charge in [0, 0.05) is 20.1 Å². The van der Waals surface area contributed by atoms with E-state index in [1.807, 2.05) is 0 Å². The predicted molar refractivity (Wildman–Crippen MR) is 127 cm³/mol. The number of anilines is 1. The molecule has 6 heteroatoms. The summed E-state index contributed by atoms with van der Waals surface area (Å²) in [7, 11) is 1.75. The third-order valence-electron chi connectivity index (χ3n) is 6.13. The molecule has 3 aromatic rings. The zero-order valence-corrected chi connectivity index (χ0v) is 18.9. The Morgan fingerprint density at radius 3 is 2.38 bits per heavy atom. The quantitative estimate of drug-likeness (QED) is 0.423. The molecule has 0 atom stereocenters. The number of benzene rings is 2. The molecule has 166 valence electrons. The van der Waals surface area contributed by atoms with Crippen molar-refractivity contribution in [3.05, 3.63) is 94.0 Å². The third-order valence-corrected chi connectivity index (χ3v) is 6.34. The van der Waals surface area contributed by atoms with Gasteiger partial charge in [-0.3, -0.25) is 4.79 Å². The average molecular weight is 452 g/mol. The fraction of sp³-hybridized carbons (Fsp3) is 0.308. The molecule has 32 heavy (non-hydrogen) atoms. The van der Waals surface area contributed by atoms with Gasteiger partial charge in [-0.05, 0) is 66.1 Å². The van der Waals surface area contributed by atoms with Gasteiger partial charge in [-0.25, -0.2) is 9.37 Å². The molecule has 1 aromatic heterocycles. The minimum absolute atomic E-state index is 0.193. The first kappa shape index (κ1) is 22.3. The summed E-state index contributed by atoms with van der Waals surface area (Å²) in [5.74, 6) is 0.214. The summed E-state index contributed by atoms with van der Waals surface area (Å²) in [6.45, 7) is 0.939. The van der Waals surface area contributed by atoms with Gasteiger partial charge in [-0.2, -0.15) is 0 Å². The molecule has 0 saturated heterocycles. The molecule has 1 heterocycles. The first-order valence-corrected chi connectivity index (χ1v) is 11.4. The minimum atomic E-state index is -0.268. The molecule has 1 N–H and O–H groups in total. The number of aromatic nitrogens is 1. The van der Waals surface area contributed by atoms with Gasteiger partial charge >= 0.3 is 0 Å². The Hall–Kier alpha value is -2.92. The van der Waals surface area contributed by atoms with Crippen LogP contribution in [-0.4, -0.2) is 29.4 Å². The number of halogens is 2. The second-order valence-electron chi connectivity index (χ2n) is 8.25. The van der Waals surface area contributed by atoms with Gasteiger partial charge in [0.05, 0.1) is 5.69 Å². The summed E-state index contributed by atoms with van der Waals surface area (Å²) >= 11 is 6.09. The number of carbonyl (C=O) groups is 1. The molecule has 0 unspecified atom stereocenters. The molecule has 2 aromatic carbocycles. The van der Waals surface area contributed by atoms with Crippen LogP contribution >= 0.6 is 11.6 Å². The molecule has 0 spiro atoms. The molecule has 1 amide bonds. The average Bonchev–Trinajstić information content (AvgIpc) is 2.77. The third kappa shape index (κ3) is 5.28. The van der Waals surface area contributed by atoms with E-state index >= 15 is 0 Å². The van der Waals surface area contributed by atoms with Crippen LogP contribution in [0.1, 0.15) is 52.4 Å². The van der Waals surface area contributed by atoms with E-state index in [1.165, 1.54) is 37.0 Å². The highest BCUT2D eigenvalue weighted by atomic mass is 35.5. The van der Waals surface area contributed by atoms with E-state index < -0.39 is 0 Å². The summed E-state index contributed by atoms with van der Waals surface area (Å²) in [5, 5.41) is 3.30. The van der Waals surface area contributed by atoms with Crippen LogP contribution < -0.4 is 5.32 Å². The first-order valence-electron chi connectivity index (χ1n) is 11.0. The van der Waals surface area contributed by atoms with Crippen LogP contribution in [0, 0.1) is 5.82 Å². The fourth-order valence-electron chi connectivity index (χ4n) is 3.97. The Balaban J connectivity index is 1.56. The van der Waals surface area contributed by atoms with Crippen molar-refractivity contribution in [2.45, 2.75) is 38.1 Å². The molecular formula is C26H27ClFN3O. The Labute approximate surface area is 193 Å². The fourth-order valence-corrected chi connectivity index (χ4v) is 4.12. The highest BCUT2D eigenvalue weighted by Crippen LogP contribution is 2.36. The van der Waals surface area contributed by atoms with Crippen molar-refractivity contribution in [2.75, 3.05) is 18.9 Å². The molecule has 1 saturated carbocycles. The van der Waals surface area contributed by atoms with Crippen LogP contribution in [-0.2, 0) is 13.0 Å². The maximum absolute atomic E-state index is 13.5. The summed E-state index contributed by atoms with van der Waals surface area (Å²) in [6.07, 6.45) is 4.43. The summed E-state index contributed by atoms with van der Waals surface area (Å²) in [5.41, 5.74) is 4.33. The van der Waals surface area contributed by atoms with E-state index in [4.69, 9.17) is 11.6 Å². The number of pyridine rings is 1. The highest BCUT2D eigenvalue weighted by Gasteiger charge is 2.22. The summed E-state index contributed by atoms with van der Waals surface area (Å²) in [6, 6.07) is 18.4. The molecule has 1 fully saturated rings. The Kier molecular flexibility index (Phi) is 7.05. The van der Waals surface area contributed by atoms with E-state index in [1.54, 1.807) is 36.2 Å². The smallest absolute Gasteiger partial charge is 0.274 e. The molecule has 1 aliphatic carbocycles. The molecular weight excluding hydrogens is 425 g/mol. The van der Waals surface area contributed by atoms with Gasteiger partial charge in [0.1, 0.15) is 11.0 Å². The van der Waals surface area contributed by atoms with E-state index in [-0.39, 0.29) is 16.9 Å². The Morgan fingerprint density at radius 2 is 1.75 bits per heavy atom. The van der Waals surface area contributed by atoms with Crippen molar-refractivity contribution in [3.8, 4) is 0 Å². The van der Waals surface area contributed by atoms with Crippen molar-refractivity contribution in [1.29, 1.82) is 0 Å². The number of carbonyl (C=O) groups excluding carboxylic acids is 1. The number of hydrogen-bond acceptors (Lipinski definition) is 3. The van der Waals surface area contributed by atoms with E-state index in [0.717, 1.165) is 11.1 Å². The predicted octanol–water partition coefficient (Wildman–Crippen LogP) is 6.07. The first-order chi connectivity index (χ1) is 15.5. The maximum Gasteiger partial charge on any atom is 0.274 e. The normalized spacial score (nSPS) is 13.5. The lowest BCUT2D eigenvalue weighted by Gasteiger charge is -2.27. The lowest BCUT2D eigenvalue weighted by atomic mass is 9.80. The maximum atomic E-state index is 13.5. The highest BCUT2D eigenvalue weighted by molar-refractivity contribution is 6.29. The zero-order valence-electron chi connectivity index (χ0n) is 18.2. The second-order valence-corrected chi connectivity index (χ2v) is 8.64. The monoisotopic (exact) mass is 451 g/mol. The molecule has 1 aliphatic rings. The molecule has 4 nitrogen and oxygen atoms in total. The number of hydrogen-bond donors (Lipinski definition) is 1. The lowest BCUT2D eigenvalue weighted by Crippen LogP contribution is -2.33. The van der Waals surface area contributed by atoms with Gasteiger partial charge in [0.15, 0.2) is 5.69 Å². The van der Waals surface area contributed by atoms with Gasteiger partial charge < -0.3 is 10.2 Å². The van der Waals surface area contributed by atoms with Crippen molar-refractivity contribution in [3.63, 3.8) is 0 Å². The van der Waals surface area contributed by atoms with Crippen LogP contribution in [0.25, 0.3) is 0 Å². The summed E-state index contributed by atoms with van der Waals surface area (Å²) in [4.78, 5) is 19.6. The minimum Gasteiger partial charge on any atom is -0.386 e. The Morgan fingerprint density at radius 1 is 1.06 bits per heavy atom. The van der Waals surface area contributed by atoms with Crippen LogP contribution in [0.2, 0.25) is 5.15 Å². The van der Waals surface area contributed by atoms with Gasteiger partial charge in [-0.15, -0.1) is 0 Å². The SMILES string of the molecule is CNc1ccc(Cl)nc1C(=O)N(CCc1ccc(F)cc1)Cc1ccc(C2CCC2)cc1. The van der Waals surface area contributed by atoms with Gasteiger partial charge in [0.25, 0.3) is 5.91 Å². The van der Waals surface area contributed by atoms with Crippen LogP contribution in [0.15, 0.2) is 60.7 Å². The van der Waals surface area contributed by atoms with Crippen LogP contribution in [0.3, 0.4) is 0 Å². The van der Waals surface area contributed by atoms with Gasteiger partial charge in [-0.1, -0.05) is 54.4 Å². The van der Waals surface area contributed by atoms with Crippen molar-refractivity contribution in [1.82, 2.24) is 9.88 Å². The standard InChI is InChI=1S/C26H27ClFN3O/c1-29-23-13-14-24(27)30-25(23)26(32)31(16-15-18-7-11-22(28)12-8-18)17-19-5-9-21(10-6-19)20-3-2-4-20/h5-14,20,29H,2-4,15-17H2,1H3. The molecule has 4 rings (SSSR count). The van der Waals surface area contributed by atoms with Gasteiger partial charge in [0.2, 0.25) is 0 Å². The molecule has 0 radical (unpaired) electrons. The second kappa shape index (κ2) is 10.1. The lowest BCUT2D eigenvalue weighted by molar-refractivity contribution is 0.0740.